The maximum absolute atomic E-state index is 12.4. The summed E-state index contributed by atoms with van der Waals surface area (Å²) in [6.07, 6.45) is -4.83. The molecule has 2 aromatic rings. The van der Waals surface area contributed by atoms with Crippen LogP contribution in [0.5, 0.6) is 0 Å². The second kappa shape index (κ2) is 3.90. The summed E-state index contributed by atoms with van der Waals surface area (Å²) in [5, 5.41) is 21.4. The van der Waals surface area contributed by atoms with Crippen LogP contribution in [0, 0.1) is 20.2 Å². The van der Waals surface area contributed by atoms with Crippen molar-refractivity contribution in [1.82, 2.24) is 9.97 Å². The molecule has 0 saturated carbocycles. The van der Waals surface area contributed by atoms with Gasteiger partial charge in [-0.1, -0.05) is 0 Å². The molecule has 1 heterocycles. The summed E-state index contributed by atoms with van der Waals surface area (Å²) in [4.78, 5) is 24.0. The standard InChI is InChI=1S/C8H3F3N4O4/c9-8(10,11)7-12-3-1-2-4(14(16)17)6(15(18)19)5(3)13-7/h1-2H,(H,12,13). The predicted octanol–water partition coefficient (Wildman–Crippen LogP) is 2.40. The van der Waals surface area contributed by atoms with Gasteiger partial charge in [0.05, 0.1) is 15.4 Å². The number of H-pyrrole nitrogens is 1. The summed E-state index contributed by atoms with van der Waals surface area (Å²) in [7, 11) is 0. The van der Waals surface area contributed by atoms with E-state index < -0.39 is 38.7 Å². The first-order chi connectivity index (χ1) is 8.71. The van der Waals surface area contributed by atoms with Crippen LogP contribution in [0.1, 0.15) is 5.82 Å². The Kier molecular flexibility index (Phi) is 2.61. The predicted molar refractivity (Wildman–Crippen MR) is 54.4 cm³/mol. The molecule has 1 N–H and O–H groups in total. The second-order valence-electron chi connectivity index (χ2n) is 3.43. The highest BCUT2D eigenvalue weighted by atomic mass is 19.4. The summed E-state index contributed by atoms with van der Waals surface area (Å²) in [5.41, 5.74) is -3.00. The van der Waals surface area contributed by atoms with Crippen LogP contribution in [0.2, 0.25) is 0 Å². The van der Waals surface area contributed by atoms with Gasteiger partial charge < -0.3 is 4.98 Å². The van der Waals surface area contributed by atoms with Gasteiger partial charge in [0.1, 0.15) is 0 Å². The number of nitrogens with one attached hydrogen (secondary N) is 1. The summed E-state index contributed by atoms with van der Waals surface area (Å²) in [5.74, 6) is -1.45. The normalized spacial score (nSPS) is 11.7. The first-order valence-corrected chi connectivity index (χ1v) is 4.60. The van der Waals surface area contributed by atoms with Crippen LogP contribution in [0.3, 0.4) is 0 Å². The highest BCUT2D eigenvalue weighted by molar-refractivity contribution is 5.89. The third-order valence-electron chi connectivity index (χ3n) is 2.25. The van der Waals surface area contributed by atoms with E-state index in [2.05, 4.69) is 4.98 Å². The fourth-order valence-corrected chi connectivity index (χ4v) is 1.51. The molecule has 11 heteroatoms. The molecule has 0 fully saturated rings. The summed E-state index contributed by atoms with van der Waals surface area (Å²) < 4.78 is 37.3. The minimum absolute atomic E-state index is 0.301. The molecule has 0 atom stereocenters. The van der Waals surface area contributed by atoms with Crippen molar-refractivity contribution >= 4 is 22.4 Å². The fraction of sp³-hybridized carbons (Fsp3) is 0.125. The number of hydrogen-bond acceptors (Lipinski definition) is 5. The maximum Gasteiger partial charge on any atom is 0.449 e. The molecule has 0 unspecified atom stereocenters. The van der Waals surface area contributed by atoms with Gasteiger partial charge in [-0.25, -0.2) is 4.98 Å². The van der Waals surface area contributed by atoms with Crippen molar-refractivity contribution in [3.63, 3.8) is 0 Å². The molecule has 19 heavy (non-hydrogen) atoms. The number of alkyl halides is 3. The molecule has 100 valence electrons. The zero-order valence-electron chi connectivity index (χ0n) is 8.76. The van der Waals surface area contributed by atoms with E-state index in [1.807, 2.05) is 4.98 Å². The van der Waals surface area contributed by atoms with E-state index >= 15 is 0 Å². The van der Waals surface area contributed by atoms with E-state index in [0.717, 1.165) is 12.1 Å². The minimum atomic E-state index is -4.83. The smallest absolute Gasteiger partial charge is 0.334 e. The molecule has 1 aromatic heterocycles. The van der Waals surface area contributed by atoms with Gasteiger partial charge >= 0.3 is 17.6 Å². The number of nitro groups is 2. The number of aromatic nitrogens is 2. The van der Waals surface area contributed by atoms with Crippen LogP contribution in [0.15, 0.2) is 12.1 Å². The number of imidazole rings is 1. The molecular weight excluding hydrogens is 273 g/mol. The Morgan fingerprint density at radius 1 is 1.16 bits per heavy atom. The number of halogens is 3. The third-order valence-corrected chi connectivity index (χ3v) is 2.25. The van der Waals surface area contributed by atoms with Crippen LogP contribution in [-0.4, -0.2) is 19.8 Å². The van der Waals surface area contributed by atoms with Crippen LogP contribution in [-0.2, 0) is 6.18 Å². The van der Waals surface area contributed by atoms with Crippen molar-refractivity contribution in [2.24, 2.45) is 0 Å². The fourth-order valence-electron chi connectivity index (χ4n) is 1.51. The lowest BCUT2D eigenvalue weighted by Crippen LogP contribution is -2.07. The average Bonchev–Trinajstić information content (AvgIpc) is 2.69. The molecule has 0 aliphatic heterocycles. The quantitative estimate of drug-likeness (QED) is 0.667. The van der Waals surface area contributed by atoms with Gasteiger partial charge in [0.2, 0.25) is 5.82 Å². The molecule has 8 nitrogen and oxygen atoms in total. The van der Waals surface area contributed by atoms with E-state index in [9.17, 15) is 33.4 Å². The van der Waals surface area contributed by atoms with Crippen LogP contribution in [0.4, 0.5) is 24.5 Å². The van der Waals surface area contributed by atoms with Gasteiger partial charge in [0.25, 0.3) is 0 Å². The SMILES string of the molecule is O=[N+]([O-])c1ccc2[nH]c(C(F)(F)F)nc2c1[N+](=O)[O-]. The number of nitro benzene ring substituents is 2. The van der Waals surface area contributed by atoms with E-state index in [1.165, 1.54) is 0 Å². The highest BCUT2D eigenvalue weighted by Gasteiger charge is 2.37. The van der Waals surface area contributed by atoms with E-state index in [1.54, 1.807) is 0 Å². The summed E-state index contributed by atoms with van der Waals surface area (Å²) >= 11 is 0. The number of fused-ring (bicyclic) bond motifs is 1. The number of nitrogens with zero attached hydrogens (tertiary/aromatic N) is 3. The Labute approximate surface area is 101 Å². The van der Waals surface area contributed by atoms with Crippen LogP contribution < -0.4 is 0 Å². The molecule has 0 amide bonds. The van der Waals surface area contributed by atoms with Crippen molar-refractivity contribution in [2.75, 3.05) is 0 Å². The first-order valence-electron chi connectivity index (χ1n) is 4.60. The zero-order chi connectivity index (χ0) is 14.4. The molecule has 0 spiro atoms. The monoisotopic (exact) mass is 276 g/mol. The lowest BCUT2D eigenvalue weighted by molar-refractivity contribution is -0.421. The van der Waals surface area contributed by atoms with Gasteiger partial charge in [-0.2, -0.15) is 13.2 Å². The third kappa shape index (κ3) is 2.05. The Bertz CT molecular complexity index is 693. The highest BCUT2D eigenvalue weighted by Crippen LogP contribution is 2.36. The topological polar surface area (TPSA) is 115 Å². The van der Waals surface area contributed by atoms with Crippen molar-refractivity contribution < 1.29 is 23.0 Å². The zero-order valence-corrected chi connectivity index (χ0v) is 8.76. The van der Waals surface area contributed by atoms with Gasteiger partial charge in [0.15, 0.2) is 5.52 Å². The lowest BCUT2D eigenvalue weighted by Gasteiger charge is -1.98. The molecule has 2 rings (SSSR count). The van der Waals surface area contributed by atoms with Crippen LogP contribution in [0.25, 0.3) is 11.0 Å². The van der Waals surface area contributed by atoms with Crippen LogP contribution >= 0.6 is 0 Å². The van der Waals surface area contributed by atoms with E-state index in [0.29, 0.717) is 0 Å². The minimum Gasteiger partial charge on any atom is -0.334 e. The van der Waals surface area contributed by atoms with Crippen molar-refractivity contribution in [3.05, 3.63) is 38.2 Å². The molecule has 0 aliphatic rings. The van der Waals surface area contributed by atoms with Gasteiger partial charge in [0, 0.05) is 6.07 Å². The number of rotatable bonds is 2. The average molecular weight is 276 g/mol. The first kappa shape index (κ1) is 12.7. The molecule has 0 bridgehead atoms. The maximum atomic E-state index is 12.4. The van der Waals surface area contributed by atoms with Gasteiger partial charge in [-0.05, 0) is 6.07 Å². The van der Waals surface area contributed by atoms with Gasteiger partial charge in [-0.15, -0.1) is 0 Å². The Hall–Kier alpha value is -2.72. The van der Waals surface area contributed by atoms with Gasteiger partial charge in [-0.3, -0.25) is 20.2 Å². The number of benzene rings is 1. The summed E-state index contributed by atoms with van der Waals surface area (Å²) in [6.45, 7) is 0. The lowest BCUT2D eigenvalue weighted by atomic mass is 10.2. The molecule has 1 aromatic carbocycles. The Morgan fingerprint density at radius 3 is 2.26 bits per heavy atom. The molecule has 0 saturated heterocycles. The Balaban J connectivity index is 2.82. The van der Waals surface area contributed by atoms with Crippen molar-refractivity contribution in [3.8, 4) is 0 Å². The second-order valence-corrected chi connectivity index (χ2v) is 3.43. The van der Waals surface area contributed by atoms with Crippen molar-refractivity contribution in [2.45, 2.75) is 6.18 Å². The van der Waals surface area contributed by atoms with E-state index in [-0.39, 0.29) is 5.52 Å². The Morgan fingerprint density at radius 2 is 1.79 bits per heavy atom. The summed E-state index contributed by atoms with van der Waals surface area (Å²) in [6, 6.07) is 1.68. The number of hydrogen-bond donors (Lipinski definition) is 1. The van der Waals surface area contributed by atoms with E-state index in [4.69, 9.17) is 0 Å². The number of aromatic amines is 1. The molecular formula is C8H3F3N4O4. The molecule has 0 radical (unpaired) electrons. The van der Waals surface area contributed by atoms with Crippen molar-refractivity contribution in [1.29, 1.82) is 0 Å². The molecule has 0 aliphatic carbocycles. The largest absolute Gasteiger partial charge is 0.449 e.